The Hall–Kier alpha value is -1.14. The summed E-state index contributed by atoms with van der Waals surface area (Å²) in [5.41, 5.74) is 1.51. The number of nitrogens with zero attached hydrogens (tertiary/aromatic N) is 2. The zero-order valence-electron chi connectivity index (χ0n) is 10.8. The van der Waals surface area contributed by atoms with E-state index < -0.39 is 12.0 Å². The molecule has 1 saturated heterocycles. The molecular weight excluding hydrogens is 300 g/mol. The van der Waals surface area contributed by atoms with Crippen molar-refractivity contribution in [3.63, 3.8) is 0 Å². The van der Waals surface area contributed by atoms with Crippen LogP contribution in [0, 0.1) is 5.92 Å². The molecule has 20 heavy (non-hydrogen) atoms. The number of aliphatic carboxylic acids is 1. The van der Waals surface area contributed by atoms with E-state index in [1.165, 1.54) is 16.8 Å². The number of fused-ring (bicyclic) bond motifs is 1. The van der Waals surface area contributed by atoms with Gasteiger partial charge in [0.05, 0.1) is 5.51 Å². The molecule has 1 aromatic rings. The Bertz CT molecular complexity index is 547. The molecule has 1 aliphatic heterocycles. The minimum atomic E-state index is -0.923. The van der Waals surface area contributed by atoms with E-state index in [-0.39, 0.29) is 17.1 Å². The Labute approximate surface area is 125 Å². The van der Waals surface area contributed by atoms with Crippen LogP contribution in [-0.4, -0.2) is 39.0 Å². The molecule has 0 unspecified atom stereocenters. The lowest BCUT2D eigenvalue weighted by Crippen LogP contribution is -2.46. The van der Waals surface area contributed by atoms with Crippen molar-refractivity contribution in [1.29, 1.82) is 0 Å². The number of carboxylic acid groups (broad SMARTS) is 1. The Morgan fingerprint density at radius 2 is 2.15 bits per heavy atom. The van der Waals surface area contributed by atoms with E-state index in [0.29, 0.717) is 17.2 Å². The number of thiazole rings is 1. The maximum atomic E-state index is 12.6. The van der Waals surface area contributed by atoms with E-state index >= 15 is 0 Å². The van der Waals surface area contributed by atoms with Gasteiger partial charge in [0, 0.05) is 6.04 Å². The van der Waals surface area contributed by atoms with Crippen LogP contribution in [0.2, 0.25) is 5.15 Å². The van der Waals surface area contributed by atoms with Crippen LogP contribution in [0.5, 0.6) is 0 Å². The summed E-state index contributed by atoms with van der Waals surface area (Å²) in [5.74, 6) is -0.895. The van der Waals surface area contributed by atoms with Crippen molar-refractivity contribution < 1.29 is 14.7 Å². The van der Waals surface area contributed by atoms with E-state index in [2.05, 4.69) is 4.98 Å². The number of carbonyl (C=O) groups is 2. The minimum absolute atomic E-state index is 0.0375. The average Bonchev–Trinajstić information content (AvgIpc) is 3.01. The van der Waals surface area contributed by atoms with Crippen molar-refractivity contribution in [3.8, 4) is 0 Å². The predicted octanol–water partition coefficient (Wildman–Crippen LogP) is 2.65. The van der Waals surface area contributed by atoms with E-state index in [9.17, 15) is 14.7 Å². The minimum Gasteiger partial charge on any atom is -0.480 e. The highest BCUT2D eigenvalue weighted by Gasteiger charge is 2.48. The van der Waals surface area contributed by atoms with Gasteiger partial charge in [0.2, 0.25) is 0 Å². The summed E-state index contributed by atoms with van der Waals surface area (Å²) >= 11 is 7.09. The zero-order valence-corrected chi connectivity index (χ0v) is 12.4. The summed E-state index contributed by atoms with van der Waals surface area (Å²) < 4.78 is 0. The molecule has 108 valence electrons. The summed E-state index contributed by atoms with van der Waals surface area (Å²) in [7, 11) is 0. The topological polar surface area (TPSA) is 70.5 Å². The molecule has 7 heteroatoms. The number of halogens is 1. The van der Waals surface area contributed by atoms with Crippen LogP contribution >= 0.6 is 22.9 Å². The Morgan fingerprint density at radius 3 is 2.80 bits per heavy atom. The lowest BCUT2D eigenvalue weighted by Gasteiger charge is -2.32. The quantitative estimate of drug-likeness (QED) is 0.911. The summed E-state index contributed by atoms with van der Waals surface area (Å²) in [4.78, 5) is 29.9. The summed E-state index contributed by atoms with van der Waals surface area (Å²) in [6.45, 7) is 0. The first-order valence-electron chi connectivity index (χ1n) is 6.74. The van der Waals surface area contributed by atoms with Gasteiger partial charge in [-0.2, -0.15) is 0 Å². The second-order valence-corrected chi connectivity index (χ2v) is 6.60. The van der Waals surface area contributed by atoms with Crippen LogP contribution < -0.4 is 0 Å². The van der Waals surface area contributed by atoms with Gasteiger partial charge in [-0.05, 0) is 25.2 Å². The lowest BCUT2D eigenvalue weighted by atomic mass is 9.85. The molecule has 2 aliphatic rings. The summed E-state index contributed by atoms with van der Waals surface area (Å²) in [5, 5.41) is 9.58. The maximum Gasteiger partial charge on any atom is 0.326 e. The fourth-order valence-corrected chi connectivity index (χ4v) is 4.40. The van der Waals surface area contributed by atoms with Gasteiger partial charge in [-0.15, -0.1) is 11.3 Å². The van der Waals surface area contributed by atoms with Gasteiger partial charge in [0.15, 0.2) is 5.15 Å². The van der Waals surface area contributed by atoms with E-state index in [4.69, 9.17) is 11.6 Å². The molecule has 0 aromatic carbocycles. The van der Waals surface area contributed by atoms with Crippen LogP contribution in [-0.2, 0) is 4.79 Å². The summed E-state index contributed by atoms with van der Waals surface area (Å²) in [6, 6.07) is -0.690. The Balaban J connectivity index is 1.93. The number of carboxylic acids is 1. The number of carbonyl (C=O) groups excluding carboxylic acids is 1. The molecule has 5 nitrogen and oxygen atoms in total. The smallest absolute Gasteiger partial charge is 0.326 e. The van der Waals surface area contributed by atoms with Gasteiger partial charge in [0.1, 0.15) is 10.9 Å². The molecule has 1 saturated carbocycles. The highest BCUT2D eigenvalue weighted by atomic mass is 35.5. The first-order valence-corrected chi connectivity index (χ1v) is 8.00. The van der Waals surface area contributed by atoms with Crippen molar-refractivity contribution in [2.24, 2.45) is 5.92 Å². The molecule has 1 amide bonds. The van der Waals surface area contributed by atoms with Crippen molar-refractivity contribution in [2.45, 2.75) is 44.2 Å². The summed E-state index contributed by atoms with van der Waals surface area (Å²) in [6.07, 6.45) is 4.62. The SMILES string of the molecule is O=C(O)[C@@H]1C[C@@H]2CCCC[C@H]2N1C(=O)c1scnc1Cl. The molecule has 2 fully saturated rings. The molecule has 1 aromatic heterocycles. The van der Waals surface area contributed by atoms with Gasteiger partial charge in [-0.1, -0.05) is 24.4 Å². The van der Waals surface area contributed by atoms with Crippen LogP contribution in [0.3, 0.4) is 0 Å². The van der Waals surface area contributed by atoms with Crippen molar-refractivity contribution in [1.82, 2.24) is 9.88 Å². The fourth-order valence-electron chi connectivity index (χ4n) is 3.46. The third-order valence-electron chi connectivity index (χ3n) is 4.33. The van der Waals surface area contributed by atoms with Crippen LogP contribution in [0.25, 0.3) is 0 Å². The van der Waals surface area contributed by atoms with Crippen LogP contribution in [0.15, 0.2) is 5.51 Å². The fraction of sp³-hybridized carbons (Fsp3) is 0.615. The van der Waals surface area contributed by atoms with Gasteiger partial charge in [-0.25, -0.2) is 9.78 Å². The second kappa shape index (κ2) is 5.33. The molecule has 3 atom stereocenters. The molecule has 1 aliphatic carbocycles. The van der Waals surface area contributed by atoms with Crippen LogP contribution in [0.1, 0.15) is 41.8 Å². The zero-order chi connectivity index (χ0) is 14.3. The normalized spacial score (nSPS) is 29.2. The third-order valence-corrected chi connectivity index (χ3v) is 5.54. The first-order chi connectivity index (χ1) is 9.59. The Kier molecular flexibility index (Phi) is 3.69. The maximum absolute atomic E-state index is 12.6. The highest BCUT2D eigenvalue weighted by Crippen LogP contribution is 2.41. The number of hydrogen-bond donors (Lipinski definition) is 1. The monoisotopic (exact) mass is 314 g/mol. The molecular formula is C13H15ClN2O3S. The first kappa shape index (κ1) is 13.8. The molecule has 0 spiro atoms. The van der Waals surface area contributed by atoms with Gasteiger partial charge >= 0.3 is 5.97 Å². The van der Waals surface area contributed by atoms with E-state index in [1.54, 1.807) is 4.90 Å². The van der Waals surface area contributed by atoms with Crippen molar-refractivity contribution in [2.75, 3.05) is 0 Å². The third kappa shape index (κ3) is 2.20. The number of amides is 1. The molecule has 2 heterocycles. The van der Waals surface area contributed by atoms with Gasteiger partial charge in [0.25, 0.3) is 5.91 Å². The molecule has 0 radical (unpaired) electrons. The molecule has 1 N–H and O–H groups in total. The predicted molar refractivity (Wildman–Crippen MR) is 75.1 cm³/mol. The number of aromatic nitrogens is 1. The highest BCUT2D eigenvalue weighted by molar-refractivity contribution is 7.12. The van der Waals surface area contributed by atoms with Gasteiger partial charge in [-0.3, -0.25) is 4.79 Å². The standard InChI is InChI=1S/C13H15ClN2O3S/c14-11-10(20-6-15-11)12(17)16-8-4-2-1-3-7(8)5-9(16)13(18)19/h6-9H,1-5H2,(H,18,19)/t7-,8+,9-/m0/s1. The average molecular weight is 315 g/mol. The number of likely N-dealkylation sites (tertiary alicyclic amines) is 1. The van der Waals surface area contributed by atoms with E-state index in [0.717, 1.165) is 25.7 Å². The number of rotatable bonds is 2. The lowest BCUT2D eigenvalue weighted by molar-refractivity contribution is -0.141. The second-order valence-electron chi connectivity index (χ2n) is 5.39. The van der Waals surface area contributed by atoms with Crippen molar-refractivity contribution >= 4 is 34.8 Å². The van der Waals surface area contributed by atoms with Gasteiger partial charge < -0.3 is 10.0 Å². The number of hydrogen-bond acceptors (Lipinski definition) is 4. The molecule has 0 bridgehead atoms. The van der Waals surface area contributed by atoms with Crippen molar-refractivity contribution in [3.05, 3.63) is 15.5 Å². The Morgan fingerprint density at radius 1 is 1.40 bits per heavy atom. The molecule has 3 rings (SSSR count). The largest absolute Gasteiger partial charge is 0.480 e. The van der Waals surface area contributed by atoms with E-state index in [1.807, 2.05) is 0 Å². The van der Waals surface area contributed by atoms with Crippen LogP contribution in [0.4, 0.5) is 0 Å².